The van der Waals surface area contributed by atoms with E-state index < -0.39 is 30.2 Å². The van der Waals surface area contributed by atoms with Crippen LogP contribution in [0, 0.1) is 6.92 Å². The van der Waals surface area contributed by atoms with E-state index in [4.69, 9.17) is 9.84 Å². The molecule has 28 heavy (non-hydrogen) atoms. The smallest absolute Gasteiger partial charge is 0.416 e. The molecule has 0 spiro atoms. The lowest BCUT2D eigenvalue weighted by Gasteiger charge is -2.15. The van der Waals surface area contributed by atoms with E-state index >= 15 is 0 Å². The lowest BCUT2D eigenvalue weighted by molar-refractivity contribution is -0.139. The highest BCUT2D eigenvalue weighted by Crippen LogP contribution is 2.32. The SMILES string of the molecule is Cc1cc(OCC(=O)O)ccc1NC(=O)CC(C)c1cccc(C(F)(F)F)c1. The van der Waals surface area contributed by atoms with E-state index in [-0.39, 0.29) is 12.3 Å². The topological polar surface area (TPSA) is 75.6 Å². The number of carbonyl (C=O) groups excluding carboxylic acids is 1. The number of halogens is 3. The Morgan fingerprint density at radius 3 is 2.50 bits per heavy atom. The predicted octanol–water partition coefficient (Wildman–Crippen LogP) is 4.61. The Bertz CT molecular complexity index is 865. The number of amides is 1. The monoisotopic (exact) mass is 395 g/mol. The predicted molar refractivity (Wildman–Crippen MR) is 97.4 cm³/mol. The van der Waals surface area contributed by atoms with Crippen molar-refractivity contribution in [3.05, 3.63) is 59.2 Å². The Balaban J connectivity index is 2.01. The summed E-state index contributed by atoms with van der Waals surface area (Å²) in [5.74, 6) is -1.48. The molecule has 0 aliphatic carbocycles. The Morgan fingerprint density at radius 1 is 1.18 bits per heavy atom. The summed E-state index contributed by atoms with van der Waals surface area (Å²) >= 11 is 0. The van der Waals surface area contributed by atoms with Gasteiger partial charge in [0.2, 0.25) is 5.91 Å². The van der Waals surface area contributed by atoms with Gasteiger partial charge in [0.15, 0.2) is 6.61 Å². The van der Waals surface area contributed by atoms with Crippen LogP contribution in [0.3, 0.4) is 0 Å². The Hall–Kier alpha value is -3.03. The number of aliphatic carboxylic acids is 1. The molecule has 1 atom stereocenters. The molecule has 0 aliphatic heterocycles. The molecule has 0 saturated heterocycles. The summed E-state index contributed by atoms with van der Waals surface area (Å²) in [5.41, 5.74) is 0.871. The second kappa shape index (κ2) is 8.77. The van der Waals surface area contributed by atoms with Crippen molar-refractivity contribution in [2.45, 2.75) is 32.4 Å². The number of carboxylic acids is 1. The third kappa shape index (κ3) is 6.00. The standard InChI is InChI=1S/C20H20F3NO4/c1-12(14-4-3-5-15(10-14)20(21,22)23)9-18(25)24-17-7-6-16(8-13(17)2)28-11-19(26)27/h3-8,10,12H,9,11H2,1-2H3,(H,24,25)(H,26,27). The number of carboxylic acid groups (broad SMARTS) is 1. The molecule has 2 rings (SSSR count). The molecule has 0 aliphatic rings. The summed E-state index contributed by atoms with van der Waals surface area (Å²) in [4.78, 5) is 22.8. The fraction of sp³-hybridized carbons (Fsp3) is 0.300. The fourth-order valence-corrected chi connectivity index (χ4v) is 2.63. The number of anilines is 1. The van der Waals surface area contributed by atoms with Crippen LogP contribution in [-0.4, -0.2) is 23.6 Å². The molecule has 0 fully saturated rings. The van der Waals surface area contributed by atoms with Gasteiger partial charge in [-0.2, -0.15) is 13.2 Å². The van der Waals surface area contributed by atoms with Crippen LogP contribution in [0.15, 0.2) is 42.5 Å². The molecular formula is C20H20F3NO4. The number of alkyl halides is 3. The second-order valence-electron chi connectivity index (χ2n) is 6.44. The van der Waals surface area contributed by atoms with Gasteiger partial charge in [-0.25, -0.2) is 4.79 Å². The van der Waals surface area contributed by atoms with Gasteiger partial charge < -0.3 is 15.2 Å². The van der Waals surface area contributed by atoms with Gasteiger partial charge in [0, 0.05) is 12.1 Å². The van der Waals surface area contributed by atoms with E-state index in [0.29, 0.717) is 22.6 Å². The molecule has 0 heterocycles. The first-order chi connectivity index (χ1) is 13.1. The number of benzene rings is 2. The fourth-order valence-electron chi connectivity index (χ4n) is 2.63. The maximum Gasteiger partial charge on any atom is 0.416 e. The first-order valence-electron chi connectivity index (χ1n) is 8.48. The molecule has 1 amide bonds. The van der Waals surface area contributed by atoms with Crippen LogP contribution >= 0.6 is 0 Å². The number of aryl methyl sites for hydroxylation is 1. The van der Waals surface area contributed by atoms with Crippen molar-refractivity contribution < 1.29 is 32.6 Å². The number of ether oxygens (including phenoxy) is 1. The summed E-state index contributed by atoms with van der Waals surface area (Å²) in [6.45, 7) is 2.93. The number of hydrogen-bond acceptors (Lipinski definition) is 3. The third-order valence-electron chi connectivity index (χ3n) is 4.11. The number of carbonyl (C=O) groups is 2. The van der Waals surface area contributed by atoms with Crippen LogP contribution in [0.1, 0.15) is 36.0 Å². The molecule has 5 nitrogen and oxygen atoms in total. The number of hydrogen-bond donors (Lipinski definition) is 2. The molecule has 2 aromatic rings. The molecule has 2 aromatic carbocycles. The minimum atomic E-state index is -4.43. The highest BCUT2D eigenvalue weighted by Gasteiger charge is 2.30. The Kier molecular flexibility index (Phi) is 6.66. The quantitative estimate of drug-likeness (QED) is 0.718. The number of nitrogens with one attached hydrogen (secondary N) is 1. The normalized spacial score (nSPS) is 12.3. The third-order valence-corrected chi connectivity index (χ3v) is 4.11. The molecule has 0 radical (unpaired) electrons. The zero-order valence-corrected chi connectivity index (χ0v) is 15.3. The van der Waals surface area contributed by atoms with Gasteiger partial charge in [-0.1, -0.05) is 25.1 Å². The van der Waals surface area contributed by atoms with E-state index in [9.17, 15) is 22.8 Å². The van der Waals surface area contributed by atoms with E-state index in [1.165, 1.54) is 12.1 Å². The van der Waals surface area contributed by atoms with E-state index in [2.05, 4.69) is 5.32 Å². The van der Waals surface area contributed by atoms with Gasteiger partial charge in [0.05, 0.1) is 5.56 Å². The number of rotatable bonds is 7. The van der Waals surface area contributed by atoms with Gasteiger partial charge in [-0.15, -0.1) is 0 Å². The van der Waals surface area contributed by atoms with Crippen molar-refractivity contribution in [2.24, 2.45) is 0 Å². The van der Waals surface area contributed by atoms with Crippen molar-refractivity contribution in [3.63, 3.8) is 0 Å². The van der Waals surface area contributed by atoms with Crippen LogP contribution in [0.25, 0.3) is 0 Å². The molecule has 0 saturated carbocycles. The first-order valence-corrected chi connectivity index (χ1v) is 8.48. The molecule has 2 N–H and O–H groups in total. The highest BCUT2D eigenvalue weighted by molar-refractivity contribution is 5.92. The van der Waals surface area contributed by atoms with Crippen LogP contribution in [0.5, 0.6) is 5.75 Å². The Labute approximate surface area is 160 Å². The van der Waals surface area contributed by atoms with Crippen LogP contribution < -0.4 is 10.1 Å². The lowest BCUT2D eigenvalue weighted by atomic mass is 9.95. The van der Waals surface area contributed by atoms with Crippen molar-refractivity contribution in [1.29, 1.82) is 0 Å². The van der Waals surface area contributed by atoms with Gasteiger partial charge in [0.1, 0.15) is 5.75 Å². The minimum absolute atomic E-state index is 0.0119. The van der Waals surface area contributed by atoms with Crippen LogP contribution in [0.2, 0.25) is 0 Å². The van der Waals surface area contributed by atoms with Crippen molar-refractivity contribution in [2.75, 3.05) is 11.9 Å². The van der Waals surface area contributed by atoms with Crippen molar-refractivity contribution >= 4 is 17.6 Å². The Morgan fingerprint density at radius 2 is 1.89 bits per heavy atom. The molecule has 1 unspecified atom stereocenters. The largest absolute Gasteiger partial charge is 0.482 e. The van der Waals surface area contributed by atoms with E-state index in [1.807, 2.05) is 0 Å². The maximum absolute atomic E-state index is 12.8. The zero-order chi connectivity index (χ0) is 20.9. The molecule has 150 valence electrons. The van der Waals surface area contributed by atoms with Gasteiger partial charge in [-0.05, 0) is 48.2 Å². The average molecular weight is 395 g/mol. The van der Waals surface area contributed by atoms with Crippen LogP contribution in [-0.2, 0) is 15.8 Å². The second-order valence-corrected chi connectivity index (χ2v) is 6.44. The highest BCUT2D eigenvalue weighted by atomic mass is 19.4. The lowest BCUT2D eigenvalue weighted by Crippen LogP contribution is -2.16. The summed E-state index contributed by atoms with van der Waals surface area (Å²) in [6, 6.07) is 9.64. The van der Waals surface area contributed by atoms with Crippen molar-refractivity contribution in [1.82, 2.24) is 0 Å². The van der Waals surface area contributed by atoms with Crippen LogP contribution in [0.4, 0.5) is 18.9 Å². The van der Waals surface area contributed by atoms with Crippen molar-refractivity contribution in [3.8, 4) is 5.75 Å². The maximum atomic E-state index is 12.8. The first kappa shape index (κ1) is 21.3. The van der Waals surface area contributed by atoms with Gasteiger partial charge in [0.25, 0.3) is 0 Å². The average Bonchev–Trinajstić information content (AvgIpc) is 2.61. The summed E-state index contributed by atoms with van der Waals surface area (Å²) in [7, 11) is 0. The summed E-state index contributed by atoms with van der Waals surface area (Å²) in [6.07, 6.45) is -4.42. The zero-order valence-electron chi connectivity index (χ0n) is 15.3. The minimum Gasteiger partial charge on any atom is -0.482 e. The van der Waals surface area contributed by atoms with E-state index in [0.717, 1.165) is 12.1 Å². The molecule has 0 aromatic heterocycles. The van der Waals surface area contributed by atoms with Gasteiger partial charge >= 0.3 is 12.1 Å². The molecule has 0 bridgehead atoms. The summed E-state index contributed by atoms with van der Waals surface area (Å²) in [5, 5.41) is 11.3. The molecule has 8 heteroatoms. The van der Waals surface area contributed by atoms with E-state index in [1.54, 1.807) is 32.0 Å². The van der Waals surface area contributed by atoms with Gasteiger partial charge in [-0.3, -0.25) is 4.79 Å². The molecular weight excluding hydrogens is 375 g/mol. The summed E-state index contributed by atoms with van der Waals surface area (Å²) < 4.78 is 43.6.